The Morgan fingerprint density at radius 1 is 1.50 bits per heavy atom. The molecule has 1 rings (SSSR count). The average Bonchev–Trinajstić information content (AvgIpc) is 1.83. The van der Waals surface area contributed by atoms with Crippen molar-refractivity contribution in [1.82, 2.24) is 0 Å². The van der Waals surface area contributed by atoms with Crippen molar-refractivity contribution in [2.24, 2.45) is 0 Å². The second-order valence-corrected chi connectivity index (χ2v) is 5.15. The van der Waals surface area contributed by atoms with Crippen LogP contribution in [0.2, 0.25) is 0 Å². The van der Waals surface area contributed by atoms with E-state index in [1.54, 1.807) is 0 Å². The Kier molecular flexibility index (Phi) is 2.11. The fourth-order valence-electron chi connectivity index (χ4n) is 1.23. The van der Waals surface area contributed by atoms with Gasteiger partial charge in [-0.1, -0.05) is 0 Å². The van der Waals surface area contributed by atoms with Crippen molar-refractivity contribution in [3.63, 3.8) is 0 Å². The van der Waals surface area contributed by atoms with E-state index in [1.807, 2.05) is 0 Å². The van der Waals surface area contributed by atoms with Gasteiger partial charge in [-0.25, -0.2) is 17.6 Å². The predicted octanol–water partition coefficient (Wildman–Crippen LogP) is -0.0121. The van der Waals surface area contributed by atoms with Crippen LogP contribution in [0.15, 0.2) is 0 Å². The van der Waals surface area contributed by atoms with Crippen LogP contribution in [-0.2, 0) is 14.6 Å². The average molecular weight is 196 g/mol. The topological polar surface area (TPSA) is 71.4 Å². The molecule has 0 spiro atoms. The lowest BCUT2D eigenvalue weighted by molar-refractivity contribution is -0.150. The van der Waals surface area contributed by atoms with Crippen LogP contribution in [0.5, 0.6) is 0 Å². The van der Waals surface area contributed by atoms with Crippen molar-refractivity contribution in [1.29, 1.82) is 0 Å². The monoisotopic (exact) mass is 196 g/mol. The van der Waals surface area contributed by atoms with Crippen LogP contribution in [0.25, 0.3) is 0 Å². The molecule has 1 N–H and O–H groups in total. The Bertz CT molecular complexity index is 297. The fourth-order valence-corrected chi connectivity index (χ4v) is 2.93. The van der Waals surface area contributed by atoms with Gasteiger partial charge in [0.25, 0.3) is 0 Å². The highest BCUT2D eigenvalue weighted by molar-refractivity contribution is 7.91. The van der Waals surface area contributed by atoms with Crippen molar-refractivity contribution in [3.05, 3.63) is 0 Å². The van der Waals surface area contributed by atoms with Crippen molar-refractivity contribution in [2.45, 2.75) is 18.5 Å². The van der Waals surface area contributed by atoms with Gasteiger partial charge in [0.1, 0.15) is 0 Å². The zero-order valence-corrected chi connectivity index (χ0v) is 7.10. The number of carboxylic acids is 1. The van der Waals surface area contributed by atoms with Crippen molar-refractivity contribution in [3.8, 4) is 0 Å². The molecule has 1 heterocycles. The minimum absolute atomic E-state index is 0.0884. The lowest BCUT2D eigenvalue weighted by Crippen LogP contribution is -2.45. The first-order valence-corrected chi connectivity index (χ1v) is 5.31. The van der Waals surface area contributed by atoms with Gasteiger partial charge in [0.2, 0.25) is 5.67 Å². The molecule has 0 amide bonds. The molecule has 6 heteroatoms. The fraction of sp³-hybridized carbons (Fsp3) is 0.833. The smallest absolute Gasteiger partial charge is 0.342 e. The summed E-state index contributed by atoms with van der Waals surface area (Å²) in [5.74, 6) is -2.66. The van der Waals surface area contributed by atoms with Crippen LogP contribution < -0.4 is 0 Å². The quantitative estimate of drug-likeness (QED) is 0.640. The number of hydrogen-bond acceptors (Lipinski definition) is 3. The Hall–Kier alpha value is -0.650. The second kappa shape index (κ2) is 2.69. The number of halogens is 1. The molecule has 0 radical (unpaired) electrons. The molecule has 0 aromatic heterocycles. The molecular weight excluding hydrogens is 187 g/mol. The lowest BCUT2D eigenvalue weighted by atomic mass is 10.0. The largest absolute Gasteiger partial charge is 0.479 e. The normalized spacial score (nSPS) is 34.4. The van der Waals surface area contributed by atoms with E-state index in [2.05, 4.69) is 0 Å². The van der Waals surface area contributed by atoms with E-state index in [0.717, 1.165) is 0 Å². The summed E-state index contributed by atoms with van der Waals surface area (Å²) in [5, 5.41) is 8.39. The first-order valence-electron chi connectivity index (χ1n) is 3.48. The van der Waals surface area contributed by atoms with Gasteiger partial charge in [-0.3, -0.25) is 0 Å². The molecule has 70 valence electrons. The summed E-state index contributed by atoms with van der Waals surface area (Å²) in [6.07, 6.45) is -0.118. The van der Waals surface area contributed by atoms with Crippen LogP contribution in [0.1, 0.15) is 12.8 Å². The van der Waals surface area contributed by atoms with E-state index in [0.29, 0.717) is 0 Å². The number of aliphatic carboxylic acids is 1. The van der Waals surface area contributed by atoms with Gasteiger partial charge in [-0.05, 0) is 12.8 Å². The minimum Gasteiger partial charge on any atom is -0.479 e. The van der Waals surface area contributed by atoms with Crippen molar-refractivity contribution >= 4 is 15.8 Å². The van der Waals surface area contributed by atoms with Gasteiger partial charge >= 0.3 is 5.97 Å². The molecule has 1 atom stereocenters. The SMILES string of the molecule is O=C(O)C1(F)CCCS(=O)(=O)C1. The Balaban J connectivity index is 2.89. The number of carbonyl (C=O) groups is 1. The highest BCUT2D eigenvalue weighted by Crippen LogP contribution is 2.26. The van der Waals surface area contributed by atoms with E-state index < -0.39 is 27.2 Å². The zero-order valence-electron chi connectivity index (χ0n) is 6.29. The first-order chi connectivity index (χ1) is 5.36. The van der Waals surface area contributed by atoms with E-state index in [1.165, 1.54) is 0 Å². The maximum absolute atomic E-state index is 13.2. The summed E-state index contributed by atoms with van der Waals surface area (Å²) >= 11 is 0. The third-order valence-electron chi connectivity index (χ3n) is 1.86. The molecule has 0 aromatic rings. The minimum atomic E-state index is -3.49. The van der Waals surface area contributed by atoms with E-state index in [4.69, 9.17) is 5.11 Å². The standard InChI is InChI=1S/C6H9FO4S/c7-6(5(8)9)2-1-3-12(10,11)4-6/h1-4H2,(H,8,9). The van der Waals surface area contributed by atoms with E-state index in [-0.39, 0.29) is 18.6 Å². The van der Waals surface area contributed by atoms with Crippen LogP contribution >= 0.6 is 0 Å². The molecule has 1 fully saturated rings. The third kappa shape index (κ3) is 1.74. The van der Waals surface area contributed by atoms with E-state index >= 15 is 0 Å². The number of sulfone groups is 1. The summed E-state index contributed by atoms with van der Waals surface area (Å²) in [5.41, 5.74) is -2.56. The summed E-state index contributed by atoms with van der Waals surface area (Å²) in [6.45, 7) is 0. The van der Waals surface area contributed by atoms with Crippen molar-refractivity contribution < 1.29 is 22.7 Å². The Morgan fingerprint density at radius 3 is 2.42 bits per heavy atom. The molecule has 1 aliphatic heterocycles. The number of carboxylic acid groups (broad SMARTS) is 1. The van der Waals surface area contributed by atoms with Gasteiger partial charge in [-0.15, -0.1) is 0 Å². The van der Waals surface area contributed by atoms with Gasteiger partial charge in [0.15, 0.2) is 9.84 Å². The Morgan fingerprint density at radius 2 is 2.08 bits per heavy atom. The summed E-state index contributed by atoms with van der Waals surface area (Å²) < 4.78 is 34.9. The summed E-state index contributed by atoms with van der Waals surface area (Å²) in [7, 11) is -3.49. The van der Waals surface area contributed by atoms with Gasteiger partial charge < -0.3 is 5.11 Å². The molecule has 1 saturated heterocycles. The Labute approximate surface area is 69.3 Å². The summed E-state index contributed by atoms with van der Waals surface area (Å²) in [6, 6.07) is 0. The first kappa shape index (κ1) is 9.44. The van der Waals surface area contributed by atoms with E-state index in [9.17, 15) is 17.6 Å². The molecule has 1 aliphatic rings. The maximum atomic E-state index is 13.2. The van der Waals surface area contributed by atoms with Gasteiger partial charge in [0.05, 0.1) is 11.5 Å². The molecule has 0 aromatic carbocycles. The molecule has 12 heavy (non-hydrogen) atoms. The number of hydrogen-bond donors (Lipinski definition) is 1. The van der Waals surface area contributed by atoms with Crippen LogP contribution in [-0.4, -0.2) is 36.7 Å². The van der Waals surface area contributed by atoms with Gasteiger partial charge in [-0.2, -0.15) is 0 Å². The number of alkyl halides is 1. The second-order valence-electron chi connectivity index (χ2n) is 2.97. The lowest BCUT2D eigenvalue weighted by Gasteiger charge is -2.24. The molecule has 0 saturated carbocycles. The maximum Gasteiger partial charge on any atom is 0.342 e. The third-order valence-corrected chi connectivity index (χ3v) is 3.67. The van der Waals surface area contributed by atoms with Crippen LogP contribution in [0.4, 0.5) is 4.39 Å². The molecule has 0 aliphatic carbocycles. The highest BCUT2D eigenvalue weighted by atomic mass is 32.2. The summed E-state index contributed by atoms with van der Waals surface area (Å²) in [4.78, 5) is 10.3. The van der Waals surface area contributed by atoms with Gasteiger partial charge in [0, 0.05) is 0 Å². The van der Waals surface area contributed by atoms with Crippen LogP contribution in [0.3, 0.4) is 0 Å². The van der Waals surface area contributed by atoms with Crippen molar-refractivity contribution in [2.75, 3.05) is 11.5 Å². The highest BCUT2D eigenvalue weighted by Gasteiger charge is 2.45. The zero-order chi connectivity index (χ0) is 9.41. The predicted molar refractivity (Wildman–Crippen MR) is 39.4 cm³/mol. The molecule has 0 bridgehead atoms. The molecule has 1 unspecified atom stereocenters. The van der Waals surface area contributed by atoms with Crippen LogP contribution in [0, 0.1) is 0 Å². The number of rotatable bonds is 1. The molecular formula is C6H9FO4S. The molecule has 4 nitrogen and oxygen atoms in total.